The van der Waals surface area contributed by atoms with E-state index in [2.05, 4.69) is 0 Å². The maximum atomic E-state index is 11.8. The van der Waals surface area contributed by atoms with Gasteiger partial charge in [-0.2, -0.15) is 0 Å². The molecule has 0 bridgehead atoms. The number of piperidine rings is 1. The summed E-state index contributed by atoms with van der Waals surface area (Å²) in [6.07, 6.45) is 1.63. The molecule has 5 nitrogen and oxygen atoms in total. The predicted octanol–water partition coefficient (Wildman–Crippen LogP) is -0.695. The maximum absolute atomic E-state index is 11.8. The van der Waals surface area contributed by atoms with Crippen molar-refractivity contribution in [3.8, 4) is 0 Å². The molecule has 1 aliphatic rings. The molecule has 0 aliphatic carbocycles. The van der Waals surface area contributed by atoms with E-state index in [0.717, 1.165) is 12.8 Å². The van der Waals surface area contributed by atoms with Crippen molar-refractivity contribution in [3.05, 3.63) is 0 Å². The minimum absolute atomic E-state index is 0.0310. The minimum Gasteiger partial charge on any atom is -0.369 e. The third kappa shape index (κ3) is 2.92. The standard InChI is InChI=1S/C10H19N3O2/c1-7(5-11)10(15)13-4-2-3-8(6-13)9(12)14/h7-8H,2-6,11H2,1H3,(H2,12,14). The molecule has 2 amide bonds. The lowest BCUT2D eigenvalue weighted by Gasteiger charge is -2.32. The van der Waals surface area contributed by atoms with Gasteiger partial charge in [0, 0.05) is 25.6 Å². The highest BCUT2D eigenvalue weighted by molar-refractivity contribution is 5.81. The molecule has 0 aromatic rings. The Bertz CT molecular complexity index is 255. The molecular weight excluding hydrogens is 194 g/mol. The zero-order valence-electron chi connectivity index (χ0n) is 9.11. The molecule has 0 spiro atoms. The van der Waals surface area contributed by atoms with E-state index < -0.39 is 0 Å². The monoisotopic (exact) mass is 213 g/mol. The number of hydrogen-bond acceptors (Lipinski definition) is 3. The fourth-order valence-electron chi connectivity index (χ4n) is 1.82. The molecule has 0 saturated carbocycles. The number of primary amides is 1. The first-order valence-corrected chi connectivity index (χ1v) is 5.34. The van der Waals surface area contributed by atoms with Gasteiger partial charge in [-0.25, -0.2) is 0 Å². The lowest BCUT2D eigenvalue weighted by Crippen LogP contribution is -2.46. The van der Waals surface area contributed by atoms with Gasteiger partial charge in [-0.15, -0.1) is 0 Å². The van der Waals surface area contributed by atoms with Crippen LogP contribution in [0.5, 0.6) is 0 Å². The average Bonchev–Trinajstić information content (AvgIpc) is 2.27. The van der Waals surface area contributed by atoms with Crippen molar-refractivity contribution < 1.29 is 9.59 Å². The topological polar surface area (TPSA) is 89.4 Å². The third-order valence-electron chi connectivity index (χ3n) is 2.91. The summed E-state index contributed by atoms with van der Waals surface area (Å²) in [5.41, 5.74) is 10.7. The first kappa shape index (κ1) is 12.0. The van der Waals surface area contributed by atoms with Crippen molar-refractivity contribution in [2.45, 2.75) is 19.8 Å². The molecule has 0 aromatic heterocycles. The van der Waals surface area contributed by atoms with Crippen LogP contribution in [0.2, 0.25) is 0 Å². The van der Waals surface area contributed by atoms with Crippen molar-refractivity contribution in [2.75, 3.05) is 19.6 Å². The number of carbonyl (C=O) groups is 2. The summed E-state index contributed by atoms with van der Waals surface area (Å²) in [5, 5.41) is 0. The van der Waals surface area contributed by atoms with Gasteiger partial charge in [0.25, 0.3) is 0 Å². The van der Waals surface area contributed by atoms with Gasteiger partial charge in [0.15, 0.2) is 0 Å². The van der Waals surface area contributed by atoms with Gasteiger partial charge in [-0.05, 0) is 12.8 Å². The number of rotatable bonds is 3. The largest absolute Gasteiger partial charge is 0.369 e. The van der Waals surface area contributed by atoms with Crippen molar-refractivity contribution in [2.24, 2.45) is 23.3 Å². The SMILES string of the molecule is CC(CN)C(=O)N1CCCC(C(N)=O)C1. The first-order chi connectivity index (χ1) is 7.06. The third-order valence-corrected chi connectivity index (χ3v) is 2.91. The van der Waals surface area contributed by atoms with Crippen LogP contribution in [0.4, 0.5) is 0 Å². The van der Waals surface area contributed by atoms with Crippen molar-refractivity contribution in [3.63, 3.8) is 0 Å². The van der Waals surface area contributed by atoms with Gasteiger partial charge in [0.2, 0.25) is 11.8 Å². The van der Waals surface area contributed by atoms with E-state index in [1.54, 1.807) is 11.8 Å². The zero-order valence-corrected chi connectivity index (χ0v) is 9.11. The van der Waals surface area contributed by atoms with Gasteiger partial charge in [-0.1, -0.05) is 6.92 Å². The fourth-order valence-corrected chi connectivity index (χ4v) is 1.82. The fraction of sp³-hybridized carbons (Fsp3) is 0.800. The van der Waals surface area contributed by atoms with E-state index in [1.807, 2.05) is 0 Å². The number of likely N-dealkylation sites (tertiary alicyclic amines) is 1. The van der Waals surface area contributed by atoms with Crippen molar-refractivity contribution in [1.29, 1.82) is 0 Å². The summed E-state index contributed by atoms with van der Waals surface area (Å²) in [6.45, 7) is 3.32. The summed E-state index contributed by atoms with van der Waals surface area (Å²) in [7, 11) is 0. The van der Waals surface area contributed by atoms with E-state index in [1.165, 1.54) is 0 Å². The van der Waals surface area contributed by atoms with E-state index in [4.69, 9.17) is 11.5 Å². The summed E-state index contributed by atoms with van der Waals surface area (Å²) in [6, 6.07) is 0. The Morgan fingerprint density at radius 3 is 2.73 bits per heavy atom. The van der Waals surface area contributed by atoms with Crippen LogP contribution in [-0.4, -0.2) is 36.3 Å². The first-order valence-electron chi connectivity index (χ1n) is 5.34. The summed E-state index contributed by atoms with van der Waals surface area (Å²) < 4.78 is 0. The van der Waals surface area contributed by atoms with E-state index in [-0.39, 0.29) is 23.7 Å². The molecule has 86 valence electrons. The number of amides is 2. The van der Waals surface area contributed by atoms with Crippen LogP contribution in [0.15, 0.2) is 0 Å². The molecule has 0 radical (unpaired) electrons. The van der Waals surface area contributed by atoms with Crippen LogP contribution < -0.4 is 11.5 Å². The summed E-state index contributed by atoms with van der Waals surface area (Å²) in [5.74, 6) is -0.638. The molecular formula is C10H19N3O2. The second-order valence-electron chi connectivity index (χ2n) is 4.16. The maximum Gasteiger partial charge on any atom is 0.226 e. The average molecular weight is 213 g/mol. The summed E-state index contributed by atoms with van der Waals surface area (Å²) in [4.78, 5) is 24.5. The zero-order chi connectivity index (χ0) is 11.4. The highest BCUT2D eigenvalue weighted by atomic mass is 16.2. The Hall–Kier alpha value is -1.10. The second-order valence-corrected chi connectivity index (χ2v) is 4.16. The molecule has 1 aliphatic heterocycles. The van der Waals surface area contributed by atoms with E-state index in [0.29, 0.717) is 19.6 Å². The molecule has 2 atom stereocenters. The lowest BCUT2D eigenvalue weighted by atomic mass is 9.96. The molecule has 0 aromatic carbocycles. The smallest absolute Gasteiger partial charge is 0.226 e. The van der Waals surface area contributed by atoms with Gasteiger partial charge in [0.05, 0.1) is 5.92 Å². The van der Waals surface area contributed by atoms with Gasteiger partial charge < -0.3 is 16.4 Å². The van der Waals surface area contributed by atoms with E-state index in [9.17, 15) is 9.59 Å². The molecule has 5 heteroatoms. The van der Waals surface area contributed by atoms with Crippen LogP contribution in [0.1, 0.15) is 19.8 Å². The Balaban J connectivity index is 2.56. The molecule has 2 unspecified atom stereocenters. The number of hydrogen-bond donors (Lipinski definition) is 2. The van der Waals surface area contributed by atoms with Crippen LogP contribution in [0.25, 0.3) is 0 Å². The van der Waals surface area contributed by atoms with Gasteiger partial charge in [0.1, 0.15) is 0 Å². The Labute approximate surface area is 89.8 Å². The molecule has 1 fully saturated rings. The molecule has 15 heavy (non-hydrogen) atoms. The Morgan fingerprint density at radius 1 is 1.53 bits per heavy atom. The normalized spacial score (nSPS) is 23.6. The van der Waals surface area contributed by atoms with Crippen molar-refractivity contribution in [1.82, 2.24) is 4.90 Å². The van der Waals surface area contributed by atoms with Crippen LogP contribution in [0.3, 0.4) is 0 Å². The van der Waals surface area contributed by atoms with Crippen molar-refractivity contribution >= 4 is 11.8 Å². The lowest BCUT2D eigenvalue weighted by molar-refractivity contribution is -0.138. The van der Waals surface area contributed by atoms with E-state index >= 15 is 0 Å². The quantitative estimate of drug-likeness (QED) is 0.650. The van der Waals surface area contributed by atoms with Crippen LogP contribution >= 0.6 is 0 Å². The molecule has 1 saturated heterocycles. The number of nitrogens with two attached hydrogens (primary N) is 2. The van der Waals surface area contributed by atoms with Crippen LogP contribution in [0, 0.1) is 11.8 Å². The Morgan fingerprint density at radius 2 is 2.20 bits per heavy atom. The minimum atomic E-state index is -0.312. The second kappa shape index (κ2) is 5.11. The number of nitrogens with zero attached hydrogens (tertiary/aromatic N) is 1. The molecule has 1 rings (SSSR count). The van der Waals surface area contributed by atoms with Gasteiger partial charge in [-0.3, -0.25) is 9.59 Å². The summed E-state index contributed by atoms with van der Waals surface area (Å²) >= 11 is 0. The number of carbonyl (C=O) groups excluding carboxylic acids is 2. The Kier molecular flexibility index (Phi) is 4.08. The molecule has 4 N–H and O–H groups in total. The highest BCUT2D eigenvalue weighted by Crippen LogP contribution is 2.17. The van der Waals surface area contributed by atoms with Gasteiger partial charge >= 0.3 is 0 Å². The predicted molar refractivity (Wildman–Crippen MR) is 56.7 cm³/mol. The van der Waals surface area contributed by atoms with Crippen LogP contribution in [-0.2, 0) is 9.59 Å². The molecule has 1 heterocycles. The highest BCUT2D eigenvalue weighted by Gasteiger charge is 2.28.